The zero-order valence-electron chi connectivity index (χ0n) is 31.9. The highest BCUT2D eigenvalue weighted by atomic mass is 32.2. The molecule has 2 aromatic carbocycles. The number of carbonyl (C=O) groups is 2. The second kappa shape index (κ2) is 15.7. The summed E-state index contributed by atoms with van der Waals surface area (Å²) < 4.78 is 6.10. The fourth-order valence-corrected chi connectivity index (χ4v) is 7.95. The number of carboxylic acid groups (broad SMARTS) is 1. The van der Waals surface area contributed by atoms with Crippen molar-refractivity contribution in [2.24, 2.45) is 5.73 Å². The van der Waals surface area contributed by atoms with Crippen LogP contribution in [0.4, 0.5) is 0 Å². The Balaban J connectivity index is 2.39. The molecule has 0 bridgehead atoms. The molecule has 0 radical (unpaired) electrons. The number of ether oxygens (including phenoxy) is 1. The zero-order valence-corrected chi connectivity index (χ0v) is 33.6. The summed E-state index contributed by atoms with van der Waals surface area (Å²) in [6, 6.07) is 7.83. The maximum absolute atomic E-state index is 12.8. The van der Waals surface area contributed by atoms with Crippen molar-refractivity contribution >= 4 is 35.4 Å². The molecule has 0 aromatic heterocycles. The number of phenolic OH excluding ortho intramolecular Hbond substituents is 1. The molecule has 0 spiro atoms. The number of nitrogens with two attached hydrogens (primary N) is 1. The monoisotopic (exact) mass is 702 g/mol. The molecule has 1 atom stereocenters. The number of phenols is 1. The van der Waals surface area contributed by atoms with E-state index in [9.17, 15) is 14.7 Å². The Labute approximate surface area is 299 Å². The van der Waals surface area contributed by atoms with Gasteiger partial charge < -0.3 is 26.0 Å². The number of aliphatic carboxylic acids is 1. The van der Waals surface area contributed by atoms with Gasteiger partial charge in [0, 0.05) is 38.6 Å². The lowest BCUT2D eigenvalue weighted by molar-refractivity contribution is -0.138. The first kappa shape index (κ1) is 41.8. The van der Waals surface area contributed by atoms with Gasteiger partial charge in [0.1, 0.15) is 17.5 Å². The number of benzene rings is 2. The number of unbranched alkanes of at least 4 members (excludes halogenated alkanes) is 1. The SMILES string of the molecule is CC(C)(Sc1cc(C(C)(C)C)c(O)c(C(C)(C)C)c1)Sc1cc(C(C)(C)C)c(OCC(=O)NCCCC[C@H](N)C(=O)O)c(C(C)(C)C)c1. The topological polar surface area (TPSA) is 122 Å². The number of amides is 1. The molecule has 0 saturated carbocycles. The van der Waals surface area contributed by atoms with E-state index in [4.69, 9.17) is 15.6 Å². The van der Waals surface area contributed by atoms with Gasteiger partial charge in [0.25, 0.3) is 5.91 Å². The van der Waals surface area contributed by atoms with E-state index in [0.717, 1.165) is 37.8 Å². The van der Waals surface area contributed by atoms with Gasteiger partial charge in [0.2, 0.25) is 0 Å². The van der Waals surface area contributed by atoms with Crippen LogP contribution in [0.25, 0.3) is 0 Å². The van der Waals surface area contributed by atoms with Gasteiger partial charge in [-0.3, -0.25) is 9.59 Å². The highest BCUT2D eigenvalue weighted by Crippen LogP contribution is 2.51. The summed E-state index contributed by atoms with van der Waals surface area (Å²) in [5.41, 5.74) is 8.67. The quantitative estimate of drug-likeness (QED) is 0.0926. The van der Waals surface area contributed by atoms with Gasteiger partial charge in [-0.15, -0.1) is 23.5 Å². The normalized spacial score (nSPS) is 13.7. The minimum absolute atomic E-state index is 0.109. The Morgan fingerprint density at radius 2 is 1.12 bits per heavy atom. The van der Waals surface area contributed by atoms with E-state index in [1.165, 1.54) is 0 Å². The summed E-state index contributed by atoms with van der Waals surface area (Å²) >= 11 is 3.61. The number of hydrogen-bond acceptors (Lipinski definition) is 7. The van der Waals surface area contributed by atoms with Gasteiger partial charge in [0.05, 0.1) is 4.08 Å². The molecule has 0 aliphatic heterocycles. The lowest BCUT2D eigenvalue weighted by atomic mass is 9.79. The van der Waals surface area contributed by atoms with E-state index in [1.807, 2.05) is 0 Å². The summed E-state index contributed by atoms with van der Waals surface area (Å²) in [5.74, 6) is -0.0914. The van der Waals surface area contributed by atoms with Crippen molar-refractivity contribution in [2.75, 3.05) is 13.2 Å². The highest BCUT2D eigenvalue weighted by Gasteiger charge is 2.32. The Hall–Kier alpha value is -2.36. The maximum atomic E-state index is 12.8. The highest BCUT2D eigenvalue weighted by molar-refractivity contribution is 8.18. The number of carboxylic acids is 1. The molecule has 1 amide bonds. The molecule has 270 valence electrons. The predicted octanol–water partition coefficient (Wildman–Crippen LogP) is 9.28. The fourth-order valence-electron chi connectivity index (χ4n) is 5.36. The third-order valence-corrected chi connectivity index (χ3v) is 10.5. The number of aromatic hydroxyl groups is 1. The first-order chi connectivity index (χ1) is 21.6. The van der Waals surface area contributed by atoms with E-state index in [2.05, 4.69) is 127 Å². The molecule has 0 heterocycles. The van der Waals surface area contributed by atoms with Crippen molar-refractivity contribution in [3.05, 3.63) is 46.5 Å². The van der Waals surface area contributed by atoms with Gasteiger partial charge in [-0.2, -0.15) is 0 Å². The van der Waals surface area contributed by atoms with Gasteiger partial charge >= 0.3 is 5.97 Å². The van der Waals surface area contributed by atoms with Crippen molar-refractivity contribution in [1.82, 2.24) is 5.32 Å². The number of nitrogens with one attached hydrogen (secondary N) is 1. The molecule has 2 aromatic rings. The second-order valence-electron chi connectivity index (χ2n) is 17.4. The summed E-state index contributed by atoms with van der Waals surface area (Å²) in [6.45, 7) is 30.6. The van der Waals surface area contributed by atoms with Crippen molar-refractivity contribution in [3.63, 3.8) is 0 Å². The number of hydrogen-bond donors (Lipinski definition) is 4. The van der Waals surface area contributed by atoms with Crippen LogP contribution in [0.5, 0.6) is 11.5 Å². The lowest BCUT2D eigenvalue weighted by Gasteiger charge is -2.32. The molecule has 5 N–H and O–H groups in total. The van der Waals surface area contributed by atoms with E-state index in [-0.39, 0.29) is 38.3 Å². The van der Waals surface area contributed by atoms with Crippen LogP contribution in [0, 0.1) is 0 Å². The zero-order chi connectivity index (χ0) is 37.0. The average Bonchev–Trinajstić information content (AvgIpc) is 2.89. The van der Waals surface area contributed by atoms with Crippen molar-refractivity contribution in [1.29, 1.82) is 0 Å². The summed E-state index contributed by atoms with van der Waals surface area (Å²) in [7, 11) is 0. The van der Waals surface area contributed by atoms with Gasteiger partial charge in [-0.1, -0.05) is 83.1 Å². The van der Waals surface area contributed by atoms with Crippen LogP contribution in [0.15, 0.2) is 34.1 Å². The van der Waals surface area contributed by atoms with E-state index < -0.39 is 12.0 Å². The standard InChI is InChI=1S/C39H62N2O5S2/c1-35(2,3)26-19-24(20-27(32(26)43)36(4,5)6)47-39(13,14)48-25-21-28(37(7,8)9)33(29(22-25)38(10,11)12)46-23-31(42)41-18-16-15-17-30(40)34(44)45/h19-22,30,43H,15-18,23,40H2,1-14H3,(H,41,42)(H,44,45)/t30-/m0/s1. The van der Waals surface area contributed by atoms with Crippen LogP contribution < -0.4 is 15.8 Å². The molecule has 7 nitrogen and oxygen atoms in total. The molecule has 0 aliphatic rings. The molecular formula is C39H62N2O5S2. The Bertz CT molecular complexity index is 1370. The minimum atomic E-state index is -1.01. The van der Waals surface area contributed by atoms with Crippen LogP contribution >= 0.6 is 23.5 Å². The first-order valence-corrected chi connectivity index (χ1v) is 18.6. The van der Waals surface area contributed by atoms with Crippen molar-refractivity contribution in [2.45, 2.75) is 158 Å². The summed E-state index contributed by atoms with van der Waals surface area (Å²) in [6.07, 6.45) is 1.63. The van der Waals surface area contributed by atoms with Crippen molar-refractivity contribution < 1.29 is 24.5 Å². The third kappa shape index (κ3) is 12.2. The molecule has 0 fully saturated rings. The second-order valence-corrected chi connectivity index (χ2v) is 21.0. The lowest BCUT2D eigenvalue weighted by Crippen LogP contribution is -2.32. The van der Waals surface area contributed by atoms with E-state index in [0.29, 0.717) is 31.6 Å². The largest absolute Gasteiger partial charge is 0.507 e. The van der Waals surface area contributed by atoms with Gasteiger partial charge in [0.15, 0.2) is 6.61 Å². The molecule has 0 aliphatic carbocycles. The summed E-state index contributed by atoms with van der Waals surface area (Å²) in [4.78, 5) is 26.0. The fraction of sp³-hybridized carbons (Fsp3) is 0.641. The molecular weight excluding hydrogens is 641 g/mol. The number of carbonyl (C=O) groups excluding carboxylic acids is 1. The van der Waals surface area contributed by atoms with Crippen LogP contribution in [0.2, 0.25) is 0 Å². The smallest absolute Gasteiger partial charge is 0.320 e. The molecule has 0 saturated heterocycles. The Kier molecular flexibility index (Phi) is 13.7. The van der Waals surface area contributed by atoms with Gasteiger partial charge in [-0.05, 0) is 79.0 Å². The Morgan fingerprint density at radius 3 is 1.50 bits per heavy atom. The molecule has 0 unspecified atom stereocenters. The minimum Gasteiger partial charge on any atom is -0.507 e. The number of rotatable bonds is 13. The Morgan fingerprint density at radius 1 is 0.729 bits per heavy atom. The molecule has 48 heavy (non-hydrogen) atoms. The molecule has 2 rings (SSSR count). The van der Waals surface area contributed by atoms with Gasteiger partial charge in [-0.25, -0.2) is 0 Å². The molecule has 9 heteroatoms. The maximum Gasteiger partial charge on any atom is 0.320 e. The van der Waals surface area contributed by atoms with Crippen LogP contribution in [-0.4, -0.2) is 45.4 Å². The third-order valence-electron chi connectivity index (χ3n) is 8.03. The average molecular weight is 703 g/mol. The van der Waals surface area contributed by atoms with Crippen LogP contribution in [0.1, 0.15) is 138 Å². The first-order valence-electron chi connectivity index (χ1n) is 17.0. The van der Waals surface area contributed by atoms with E-state index in [1.54, 1.807) is 23.5 Å². The van der Waals surface area contributed by atoms with Crippen LogP contribution in [0.3, 0.4) is 0 Å². The van der Waals surface area contributed by atoms with E-state index >= 15 is 0 Å². The number of thioether (sulfide) groups is 2. The van der Waals surface area contributed by atoms with Crippen LogP contribution in [-0.2, 0) is 31.2 Å². The van der Waals surface area contributed by atoms with Crippen molar-refractivity contribution in [3.8, 4) is 11.5 Å². The summed E-state index contributed by atoms with van der Waals surface area (Å²) in [5, 5.41) is 23.1. The predicted molar refractivity (Wildman–Crippen MR) is 203 cm³/mol.